The van der Waals surface area contributed by atoms with Crippen LogP contribution >= 0.6 is 0 Å². The first-order chi connectivity index (χ1) is 7.41. The Kier molecular flexibility index (Phi) is 7.38. The molecule has 0 rings (SSSR count). The van der Waals surface area contributed by atoms with Crippen LogP contribution in [0, 0.1) is 5.92 Å². The minimum absolute atomic E-state index is 0.136. The van der Waals surface area contributed by atoms with Gasteiger partial charge in [0, 0.05) is 0 Å². The van der Waals surface area contributed by atoms with Gasteiger partial charge in [-0.25, -0.2) is 8.42 Å². The molecular weight excluding hydrogens is 228 g/mol. The van der Waals surface area contributed by atoms with Crippen molar-refractivity contribution in [3.8, 4) is 0 Å². The molecule has 1 unspecified atom stereocenters. The molecular formula is C11H22O4S. The van der Waals surface area contributed by atoms with E-state index in [-0.39, 0.29) is 23.8 Å². The molecule has 0 aromatic rings. The van der Waals surface area contributed by atoms with Crippen LogP contribution in [0.4, 0.5) is 0 Å². The Morgan fingerprint density at radius 2 is 1.94 bits per heavy atom. The molecule has 0 fully saturated rings. The normalized spacial score (nSPS) is 13.6. The molecule has 0 heterocycles. The summed E-state index contributed by atoms with van der Waals surface area (Å²) in [4.78, 5) is 10.3. The number of carboxylic acid groups (broad SMARTS) is 1. The molecule has 1 atom stereocenters. The SMILES string of the molecule is CCCCC(CC)CS(=O)(=O)CCC(=O)O. The van der Waals surface area contributed by atoms with Crippen LogP contribution in [-0.4, -0.2) is 31.0 Å². The van der Waals surface area contributed by atoms with Crippen molar-refractivity contribution in [1.29, 1.82) is 0 Å². The number of sulfone groups is 1. The van der Waals surface area contributed by atoms with Crippen LogP contribution in [0.2, 0.25) is 0 Å². The van der Waals surface area contributed by atoms with Gasteiger partial charge in [-0.2, -0.15) is 0 Å². The molecule has 1 N–H and O–H groups in total. The molecule has 0 aliphatic carbocycles. The Hall–Kier alpha value is -0.580. The summed E-state index contributed by atoms with van der Waals surface area (Å²) in [5, 5.41) is 8.45. The van der Waals surface area contributed by atoms with Crippen molar-refractivity contribution in [1.82, 2.24) is 0 Å². The summed E-state index contributed by atoms with van der Waals surface area (Å²) in [6.07, 6.45) is 3.57. The van der Waals surface area contributed by atoms with Crippen LogP contribution in [0.3, 0.4) is 0 Å². The quantitative estimate of drug-likeness (QED) is 0.680. The lowest BCUT2D eigenvalue weighted by atomic mass is 10.0. The van der Waals surface area contributed by atoms with Gasteiger partial charge in [-0.3, -0.25) is 4.79 Å². The van der Waals surface area contributed by atoms with Crippen molar-refractivity contribution >= 4 is 15.8 Å². The third-order valence-electron chi connectivity index (χ3n) is 2.66. The van der Waals surface area contributed by atoms with E-state index in [2.05, 4.69) is 6.92 Å². The van der Waals surface area contributed by atoms with Gasteiger partial charge < -0.3 is 5.11 Å². The zero-order valence-electron chi connectivity index (χ0n) is 10.1. The largest absolute Gasteiger partial charge is 0.481 e. The highest BCUT2D eigenvalue weighted by Gasteiger charge is 2.18. The van der Waals surface area contributed by atoms with Crippen LogP contribution in [0.25, 0.3) is 0 Å². The van der Waals surface area contributed by atoms with Crippen LogP contribution in [0.1, 0.15) is 46.0 Å². The van der Waals surface area contributed by atoms with E-state index in [1.54, 1.807) is 0 Å². The topological polar surface area (TPSA) is 71.4 Å². The van der Waals surface area contributed by atoms with Crippen molar-refractivity contribution in [3.63, 3.8) is 0 Å². The maximum absolute atomic E-state index is 11.6. The third-order valence-corrected chi connectivity index (χ3v) is 4.47. The summed E-state index contributed by atoms with van der Waals surface area (Å²) in [6, 6.07) is 0. The van der Waals surface area contributed by atoms with E-state index in [9.17, 15) is 13.2 Å². The predicted molar refractivity (Wildman–Crippen MR) is 64.2 cm³/mol. The second kappa shape index (κ2) is 7.65. The minimum atomic E-state index is -3.20. The van der Waals surface area contributed by atoms with Gasteiger partial charge in [-0.1, -0.05) is 33.1 Å². The highest BCUT2D eigenvalue weighted by molar-refractivity contribution is 7.91. The van der Waals surface area contributed by atoms with Crippen LogP contribution in [0.15, 0.2) is 0 Å². The van der Waals surface area contributed by atoms with Gasteiger partial charge in [-0.05, 0) is 12.3 Å². The van der Waals surface area contributed by atoms with Crippen molar-refractivity contribution in [2.75, 3.05) is 11.5 Å². The molecule has 0 bridgehead atoms. The summed E-state index contributed by atoms with van der Waals surface area (Å²) in [5.74, 6) is -0.967. The molecule has 5 heteroatoms. The third kappa shape index (κ3) is 7.68. The highest BCUT2D eigenvalue weighted by atomic mass is 32.2. The predicted octanol–water partition coefficient (Wildman–Crippen LogP) is 2.09. The molecule has 0 aromatic heterocycles. The van der Waals surface area contributed by atoms with Crippen molar-refractivity contribution in [2.24, 2.45) is 5.92 Å². The second-order valence-electron chi connectivity index (χ2n) is 4.17. The Labute approximate surface area is 98.0 Å². The minimum Gasteiger partial charge on any atom is -0.481 e. The van der Waals surface area contributed by atoms with Gasteiger partial charge in [0.15, 0.2) is 9.84 Å². The highest BCUT2D eigenvalue weighted by Crippen LogP contribution is 2.15. The van der Waals surface area contributed by atoms with E-state index in [0.29, 0.717) is 0 Å². The number of carbonyl (C=O) groups is 1. The molecule has 16 heavy (non-hydrogen) atoms. The van der Waals surface area contributed by atoms with Gasteiger partial charge in [0.05, 0.1) is 17.9 Å². The average molecular weight is 250 g/mol. The molecule has 0 spiro atoms. The molecule has 0 aromatic carbocycles. The standard InChI is InChI=1S/C11H22O4S/c1-3-5-6-10(4-2)9-16(14,15)8-7-11(12)13/h10H,3-9H2,1-2H3,(H,12,13). The Morgan fingerprint density at radius 3 is 2.38 bits per heavy atom. The van der Waals surface area contributed by atoms with Crippen molar-refractivity contribution in [2.45, 2.75) is 46.0 Å². The lowest BCUT2D eigenvalue weighted by molar-refractivity contribution is -0.136. The molecule has 0 amide bonds. The molecule has 4 nitrogen and oxygen atoms in total. The van der Waals surface area contributed by atoms with Gasteiger partial charge in [0.1, 0.15) is 0 Å². The number of unbranched alkanes of at least 4 members (excludes halogenated alkanes) is 1. The van der Waals surface area contributed by atoms with Crippen molar-refractivity contribution in [3.05, 3.63) is 0 Å². The maximum Gasteiger partial charge on any atom is 0.304 e. The maximum atomic E-state index is 11.6. The smallest absolute Gasteiger partial charge is 0.304 e. The van der Waals surface area contributed by atoms with E-state index >= 15 is 0 Å². The molecule has 0 radical (unpaired) electrons. The lowest BCUT2D eigenvalue weighted by Crippen LogP contribution is -2.20. The number of rotatable bonds is 9. The van der Waals surface area contributed by atoms with Crippen LogP contribution < -0.4 is 0 Å². The number of hydrogen-bond donors (Lipinski definition) is 1. The van der Waals surface area contributed by atoms with Gasteiger partial charge in [-0.15, -0.1) is 0 Å². The first-order valence-electron chi connectivity index (χ1n) is 5.83. The molecule has 0 saturated carbocycles. The monoisotopic (exact) mass is 250 g/mol. The number of hydrogen-bond acceptors (Lipinski definition) is 3. The average Bonchev–Trinajstić information content (AvgIpc) is 2.21. The Bertz CT molecular complexity index is 295. The molecule has 0 aliphatic rings. The summed E-state index contributed by atoms with van der Waals surface area (Å²) < 4.78 is 23.2. The Morgan fingerprint density at radius 1 is 1.31 bits per heavy atom. The number of aliphatic carboxylic acids is 1. The van der Waals surface area contributed by atoms with E-state index in [1.807, 2.05) is 6.92 Å². The fourth-order valence-electron chi connectivity index (χ4n) is 1.58. The van der Waals surface area contributed by atoms with E-state index in [1.165, 1.54) is 0 Å². The fraction of sp³-hybridized carbons (Fsp3) is 0.909. The zero-order chi connectivity index (χ0) is 12.6. The zero-order valence-corrected chi connectivity index (χ0v) is 10.9. The van der Waals surface area contributed by atoms with E-state index in [0.717, 1.165) is 25.7 Å². The van der Waals surface area contributed by atoms with Crippen LogP contribution in [-0.2, 0) is 14.6 Å². The lowest BCUT2D eigenvalue weighted by Gasteiger charge is -2.14. The van der Waals surface area contributed by atoms with E-state index < -0.39 is 15.8 Å². The summed E-state index contributed by atoms with van der Waals surface area (Å²) >= 11 is 0. The second-order valence-corrected chi connectivity index (χ2v) is 6.40. The number of carboxylic acids is 1. The Balaban J connectivity index is 4.15. The fourth-order valence-corrected chi connectivity index (χ4v) is 3.36. The van der Waals surface area contributed by atoms with Crippen LogP contribution in [0.5, 0.6) is 0 Å². The van der Waals surface area contributed by atoms with Crippen molar-refractivity contribution < 1.29 is 18.3 Å². The summed E-state index contributed by atoms with van der Waals surface area (Å²) in [5.41, 5.74) is 0. The van der Waals surface area contributed by atoms with Gasteiger partial charge in [0.25, 0.3) is 0 Å². The first-order valence-corrected chi connectivity index (χ1v) is 7.65. The molecule has 96 valence electrons. The molecule has 0 aliphatic heterocycles. The van der Waals surface area contributed by atoms with Gasteiger partial charge >= 0.3 is 5.97 Å². The summed E-state index contributed by atoms with van der Waals surface area (Å²) in [7, 11) is -3.20. The summed E-state index contributed by atoms with van der Waals surface area (Å²) in [6.45, 7) is 4.05. The molecule has 0 saturated heterocycles. The first kappa shape index (κ1) is 15.4. The van der Waals surface area contributed by atoms with Gasteiger partial charge in [0.2, 0.25) is 0 Å². The van der Waals surface area contributed by atoms with E-state index in [4.69, 9.17) is 5.11 Å².